The summed E-state index contributed by atoms with van der Waals surface area (Å²) in [7, 11) is -3.35. The maximum atomic E-state index is 12.6. The molecule has 0 aliphatic carbocycles. The van der Waals surface area contributed by atoms with Crippen molar-refractivity contribution in [2.24, 2.45) is 0 Å². The summed E-state index contributed by atoms with van der Waals surface area (Å²) in [5.41, 5.74) is 1.27. The van der Waals surface area contributed by atoms with Gasteiger partial charge in [-0.2, -0.15) is 0 Å². The summed E-state index contributed by atoms with van der Waals surface area (Å²) in [6.45, 7) is 4.64. The van der Waals surface area contributed by atoms with Crippen LogP contribution in [0, 0.1) is 0 Å². The Morgan fingerprint density at radius 3 is 2.43 bits per heavy atom. The number of nitrogens with one attached hydrogen (secondary N) is 1. The fourth-order valence-corrected chi connectivity index (χ4v) is 4.80. The zero-order valence-electron chi connectivity index (χ0n) is 15.9. The van der Waals surface area contributed by atoms with E-state index < -0.39 is 10.0 Å². The second-order valence-corrected chi connectivity index (χ2v) is 9.16. The van der Waals surface area contributed by atoms with Crippen LogP contribution < -0.4 is 14.4 Å². The van der Waals surface area contributed by atoms with Gasteiger partial charge < -0.3 is 10.1 Å². The van der Waals surface area contributed by atoms with E-state index in [0.29, 0.717) is 29.4 Å². The van der Waals surface area contributed by atoms with Gasteiger partial charge in [0.25, 0.3) is 5.91 Å². The Morgan fingerprint density at radius 1 is 1.11 bits per heavy atom. The molecule has 0 spiro atoms. The summed E-state index contributed by atoms with van der Waals surface area (Å²) in [6.07, 6.45) is 1.18. The van der Waals surface area contributed by atoms with E-state index >= 15 is 0 Å². The maximum Gasteiger partial charge on any atom is 0.265 e. The Bertz CT molecular complexity index is 1090. The fraction of sp³-hybridized carbons (Fsp3) is 0.250. The summed E-state index contributed by atoms with van der Waals surface area (Å²) in [5, 5.41) is 3.71. The summed E-state index contributed by atoms with van der Waals surface area (Å²) < 4.78 is 31.5. The third-order valence-electron chi connectivity index (χ3n) is 4.12. The molecule has 1 N–H and O–H groups in total. The van der Waals surface area contributed by atoms with Crippen LogP contribution in [0.1, 0.15) is 23.5 Å². The highest BCUT2D eigenvalue weighted by atomic mass is 32.2. The van der Waals surface area contributed by atoms with Crippen molar-refractivity contribution in [3.05, 3.63) is 53.4 Å². The Hall–Kier alpha value is -2.58. The molecule has 6 nitrogen and oxygen atoms in total. The second kappa shape index (κ2) is 8.20. The molecule has 3 aromatic rings. The van der Waals surface area contributed by atoms with Crippen LogP contribution in [-0.4, -0.2) is 33.7 Å². The van der Waals surface area contributed by atoms with Crippen molar-refractivity contribution in [1.82, 2.24) is 0 Å². The van der Waals surface area contributed by atoms with Crippen LogP contribution in [0.15, 0.2) is 48.5 Å². The Labute approximate surface area is 168 Å². The van der Waals surface area contributed by atoms with E-state index in [1.165, 1.54) is 21.9 Å². The van der Waals surface area contributed by atoms with Gasteiger partial charge in [-0.25, -0.2) is 8.42 Å². The van der Waals surface area contributed by atoms with Crippen molar-refractivity contribution in [3.63, 3.8) is 0 Å². The molecule has 0 unspecified atom stereocenters. The topological polar surface area (TPSA) is 75.7 Å². The number of sulfonamides is 1. The van der Waals surface area contributed by atoms with Gasteiger partial charge in [0.1, 0.15) is 5.75 Å². The first-order valence-corrected chi connectivity index (χ1v) is 11.5. The van der Waals surface area contributed by atoms with Gasteiger partial charge in [0, 0.05) is 16.9 Å². The number of amides is 1. The average Bonchev–Trinajstić information content (AvgIpc) is 3.06. The molecule has 0 saturated carbocycles. The van der Waals surface area contributed by atoms with Crippen LogP contribution >= 0.6 is 11.3 Å². The summed E-state index contributed by atoms with van der Waals surface area (Å²) in [6, 6.07) is 14.4. The van der Waals surface area contributed by atoms with Crippen LogP contribution in [0.4, 0.5) is 11.4 Å². The number of ether oxygens (including phenoxy) is 1. The van der Waals surface area contributed by atoms with Gasteiger partial charge in [0.15, 0.2) is 0 Å². The minimum Gasteiger partial charge on any atom is -0.494 e. The minimum absolute atomic E-state index is 0.206. The third-order valence-corrected chi connectivity index (χ3v) is 6.51. The number of fused-ring (bicyclic) bond motifs is 1. The third kappa shape index (κ3) is 4.45. The van der Waals surface area contributed by atoms with Crippen LogP contribution in [-0.2, 0) is 10.0 Å². The molecule has 0 bridgehead atoms. The zero-order valence-corrected chi connectivity index (χ0v) is 17.6. The minimum atomic E-state index is -3.35. The van der Waals surface area contributed by atoms with Crippen molar-refractivity contribution in [2.75, 3.05) is 29.0 Å². The van der Waals surface area contributed by atoms with Gasteiger partial charge in [-0.3, -0.25) is 9.10 Å². The Balaban J connectivity index is 1.82. The summed E-state index contributed by atoms with van der Waals surface area (Å²) >= 11 is 1.37. The number of anilines is 2. The molecule has 0 saturated heterocycles. The van der Waals surface area contributed by atoms with Gasteiger partial charge in [-0.15, -0.1) is 11.3 Å². The smallest absolute Gasteiger partial charge is 0.265 e. The summed E-state index contributed by atoms with van der Waals surface area (Å²) in [5.74, 6) is 0.545. The van der Waals surface area contributed by atoms with Gasteiger partial charge >= 0.3 is 0 Å². The van der Waals surface area contributed by atoms with Crippen molar-refractivity contribution in [1.29, 1.82) is 0 Å². The van der Waals surface area contributed by atoms with Gasteiger partial charge in [-0.05, 0) is 67.8 Å². The molecular formula is C20H22N2O4S2. The first-order valence-electron chi connectivity index (χ1n) is 8.87. The zero-order chi connectivity index (χ0) is 20.3. The number of thiophene rings is 1. The highest BCUT2D eigenvalue weighted by Gasteiger charge is 2.17. The van der Waals surface area contributed by atoms with Gasteiger partial charge in [-0.1, -0.05) is 0 Å². The van der Waals surface area contributed by atoms with E-state index in [-0.39, 0.29) is 5.91 Å². The first kappa shape index (κ1) is 20.2. The number of hydrogen-bond donors (Lipinski definition) is 1. The predicted octanol–water partition coefficient (Wildman–Crippen LogP) is 4.34. The normalized spacial score (nSPS) is 11.4. The molecule has 0 fully saturated rings. The van der Waals surface area contributed by atoms with E-state index in [4.69, 9.17) is 4.74 Å². The number of benzene rings is 2. The summed E-state index contributed by atoms with van der Waals surface area (Å²) in [4.78, 5) is 13.1. The van der Waals surface area contributed by atoms with Gasteiger partial charge in [0.05, 0.1) is 23.4 Å². The van der Waals surface area contributed by atoms with Crippen molar-refractivity contribution in [3.8, 4) is 5.75 Å². The number of carbonyl (C=O) groups is 1. The SMILES string of the molecule is CCOc1ccc(NC(=O)c2cc3cc(N(CC)S(C)(=O)=O)ccc3s2)cc1. The molecule has 3 rings (SSSR count). The molecule has 28 heavy (non-hydrogen) atoms. The second-order valence-electron chi connectivity index (χ2n) is 6.17. The van der Waals surface area contributed by atoms with Crippen molar-refractivity contribution in [2.45, 2.75) is 13.8 Å². The molecule has 0 atom stereocenters. The molecule has 0 aliphatic heterocycles. The molecule has 2 aromatic carbocycles. The number of nitrogens with zero attached hydrogens (tertiary/aromatic N) is 1. The van der Waals surface area contributed by atoms with Crippen LogP contribution in [0.3, 0.4) is 0 Å². The fourth-order valence-electron chi connectivity index (χ4n) is 2.90. The lowest BCUT2D eigenvalue weighted by Gasteiger charge is -2.20. The number of rotatable bonds is 7. The molecule has 148 valence electrons. The van der Waals surface area contributed by atoms with Crippen molar-refractivity contribution < 1.29 is 17.9 Å². The van der Waals surface area contributed by atoms with Gasteiger partial charge in [0.2, 0.25) is 10.0 Å². The van der Waals surface area contributed by atoms with Crippen LogP contribution in [0.5, 0.6) is 5.75 Å². The number of carbonyl (C=O) groups excluding carboxylic acids is 1. The van der Waals surface area contributed by atoms with Crippen LogP contribution in [0.25, 0.3) is 10.1 Å². The quantitative estimate of drug-likeness (QED) is 0.619. The monoisotopic (exact) mass is 418 g/mol. The molecule has 0 radical (unpaired) electrons. The highest BCUT2D eigenvalue weighted by molar-refractivity contribution is 7.92. The lowest BCUT2D eigenvalue weighted by molar-refractivity contribution is 0.103. The predicted molar refractivity (Wildman–Crippen MR) is 115 cm³/mol. The van der Waals surface area contributed by atoms with E-state index in [1.54, 1.807) is 49.4 Å². The average molecular weight is 419 g/mol. The van der Waals surface area contributed by atoms with E-state index in [1.807, 2.05) is 13.0 Å². The van der Waals surface area contributed by atoms with E-state index in [2.05, 4.69) is 5.32 Å². The Morgan fingerprint density at radius 2 is 1.82 bits per heavy atom. The lowest BCUT2D eigenvalue weighted by atomic mass is 10.2. The Kier molecular flexibility index (Phi) is 5.90. The molecule has 1 heterocycles. The van der Waals surface area contributed by atoms with Crippen LogP contribution in [0.2, 0.25) is 0 Å². The molecule has 1 amide bonds. The molecular weight excluding hydrogens is 396 g/mol. The molecule has 8 heteroatoms. The largest absolute Gasteiger partial charge is 0.494 e. The first-order chi connectivity index (χ1) is 13.3. The number of hydrogen-bond acceptors (Lipinski definition) is 5. The van der Waals surface area contributed by atoms with E-state index in [0.717, 1.165) is 15.8 Å². The molecule has 1 aromatic heterocycles. The highest BCUT2D eigenvalue weighted by Crippen LogP contribution is 2.31. The molecule has 0 aliphatic rings. The lowest BCUT2D eigenvalue weighted by Crippen LogP contribution is -2.29. The standard InChI is InChI=1S/C20H22N2O4S2/c1-4-22(28(3,24)25)16-8-11-18-14(12-16)13-19(27-18)20(23)21-15-6-9-17(10-7-15)26-5-2/h6-13H,4-5H2,1-3H3,(H,21,23). The maximum absolute atomic E-state index is 12.6. The van der Waals surface area contributed by atoms with E-state index in [9.17, 15) is 13.2 Å². The van der Waals surface area contributed by atoms with Crippen molar-refractivity contribution >= 4 is 48.7 Å².